The normalized spacial score (nSPS) is 10.5. The van der Waals surface area contributed by atoms with E-state index in [9.17, 15) is 4.79 Å². The van der Waals surface area contributed by atoms with Gasteiger partial charge in [-0.3, -0.25) is 4.79 Å². The van der Waals surface area contributed by atoms with E-state index in [0.717, 1.165) is 5.75 Å². The van der Waals surface area contributed by atoms with E-state index in [1.807, 2.05) is 30.3 Å². The van der Waals surface area contributed by atoms with Crippen molar-refractivity contribution in [1.82, 2.24) is 4.98 Å². The highest BCUT2D eigenvalue weighted by Crippen LogP contribution is 2.20. The van der Waals surface area contributed by atoms with Gasteiger partial charge >= 0.3 is 5.97 Å². The molecule has 0 N–H and O–H groups in total. The van der Waals surface area contributed by atoms with Gasteiger partial charge in [-0.25, -0.2) is 4.98 Å². The lowest BCUT2D eigenvalue weighted by atomic mass is 10.3. The van der Waals surface area contributed by atoms with Gasteiger partial charge in [-0.15, -0.1) is 0 Å². The van der Waals surface area contributed by atoms with Crippen LogP contribution < -0.4 is 9.47 Å². The van der Waals surface area contributed by atoms with Crippen molar-refractivity contribution < 1.29 is 18.7 Å². The Kier molecular flexibility index (Phi) is 4.34. The highest BCUT2D eigenvalue weighted by molar-refractivity contribution is 5.77. The smallest absolute Gasteiger partial charge is 0.311 e. The molecule has 112 valence electrons. The number of ether oxygens (including phenoxy) is 2. The van der Waals surface area contributed by atoms with Crippen molar-refractivity contribution in [1.29, 1.82) is 0 Å². The summed E-state index contributed by atoms with van der Waals surface area (Å²) in [6, 6.07) is 14.6. The van der Waals surface area contributed by atoms with Crippen LogP contribution in [0.25, 0.3) is 11.1 Å². The van der Waals surface area contributed by atoms with Crippen molar-refractivity contribution in [3.8, 4) is 11.5 Å². The average molecular weight is 297 g/mol. The van der Waals surface area contributed by atoms with Crippen LogP contribution in [-0.2, 0) is 4.79 Å². The number of aromatic nitrogens is 1. The second-order valence-electron chi connectivity index (χ2n) is 4.72. The third-order valence-corrected chi connectivity index (χ3v) is 3.07. The molecular formula is C17H15NO4. The molecule has 0 atom stereocenters. The van der Waals surface area contributed by atoms with E-state index in [4.69, 9.17) is 13.9 Å². The zero-order valence-corrected chi connectivity index (χ0v) is 11.9. The van der Waals surface area contributed by atoms with Crippen molar-refractivity contribution in [3.63, 3.8) is 0 Å². The molecule has 22 heavy (non-hydrogen) atoms. The van der Waals surface area contributed by atoms with E-state index < -0.39 is 0 Å². The fraction of sp³-hybridized carbons (Fsp3) is 0.176. The maximum absolute atomic E-state index is 11.8. The Balaban J connectivity index is 1.44. The fourth-order valence-electron chi connectivity index (χ4n) is 2.01. The summed E-state index contributed by atoms with van der Waals surface area (Å²) in [5, 5.41) is 0. The van der Waals surface area contributed by atoms with Gasteiger partial charge in [0.05, 0.1) is 6.61 Å². The van der Waals surface area contributed by atoms with E-state index >= 15 is 0 Å². The molecule has 3 aromatic rings. The second-order valence-corrected chi connectivity index (χ2v) is 4.72. The first-order chi connectivity index (χ1) is 10.8. The van der Waals surface area contributed by atoms with E-state index in [-0.39, 0.29) is 5.97 Å². The molecule has 0 amide bonds. The topological polar surface area (TPSA) is 61.6 Å². The summed E-state index contributed by atoms with van der Waals surface area (Å²) in [5.41, 5.74) is 1.33. The van der Waals surface area contributed by atoms with Gasteiger partial charge in [0, 0.05) is 12.5 Å². The summed E-state index contributed by atoms with van der Waals surface area (Å²) in [7, 11) is 0. The van der Waals surface area contributed by atoms with Crippen LogP contribution in [0, 0.1) is 0 Å². The minimum absolute atomic E-state index is 0.292. The largest absolute Gasteiger partial charge is 0.494 e. The first-order valence-corrected chi connectivity index (χ1v) is 7.03. The molecular weight excluding hydrogens is 282 g/mol. The van der Waals surface area contributed by atoms with Crippen LogP contribution in [0.4, 0.5) is 0 Å². The number of carbonyl (C=O) groups excluding carboxylic acids is 1. The molecule has 0 fully saturated rings. The quantitative estimate of drug-likeness (QED) is 0.395. The number of hydrogen-bond donors (Lipinski definition) is 0. The number of fused-ring (bicyclic) bond motifs is 1. The van der Waals surface area contributed by atoms with Gasteiger partial charge in [0.2, 0.25) is 0 Å². The lowest BCUT2D eigenvalue weighted by Crippen LogP contribution is -2.09. The lowest BCUT2D eigenvalue weighted by molar-refractivity contribution is -0.134. The Hall–Kier alpha value is -2.82. The summed E-state index contributed by atoms with van der Waals surface area (Å²) in [5.74, 6) is 0.974. The summed E-state index contributed by atoms with van der Waals surface area (Å²) in [6.07, 6.45) is 2.25. The zero-order chi connectivity index (χ0) is 15.2. The number of esters is 1. The summed E-state index contributed by atoms with van der Waals surface area (Å²) < 4.78 is 15.9. The van der Waals surface area contributed by atoms with Crippen LogP contribution in [0.1, 0.15) is 12.8 Å². The molecule has 0 spiro atoms. The first-order valence-electron chi connectivity index (χ1n) is 7.03. The standard InChI is InChI=1S/C17H15NO4/c19-17(7-4-10-20-13-5-2-1-3-6-13)22-14-8-9-16-15(11-14)18-12-21-16/h1-3,5-6,8-9,11-12H,4,7,10H2. The van der Waals surface area contributed by atoms with E-state index in [0.29, 0.717) is 36.3 Å². The number of benzene rings is 2. The fourth-order valence-corrected chi connectivity index (χ4v) is 2.01. The molecule has 0 saturated heterocycles. The highest BCUT2D eigenvalue weighted by atomic mass is 16.5. The maximum atomic E-state index is 11.8. The first kappa shape index (κ1) is 14.1. The van der Waals surface area contributed by atoms with E-state index in [2.05, 4.69) is 4.98 Å². The zero-order valence-electron chi connectivity index (χ0n) is 11.9. The second kappa shape index (κ2) is 6.76. The third kappa shape index (κ3) is 3.63. The Morgan fingerprint density at radius 2 is 1.95 bits per heavy atom. The van der Waals surface area contributed by atoms with Crippen LogP contribution >= 0.6 is 0 Å². The number of para-hydroxylation sites is 1. The average Bonchev–Trinajstić information content (AvgIpc) is 3.00. The maximum Gasteiger partial charge on any atom is 0.311 e. The van der Waals surface area contributed by atoms with Crippen LogP contribution in [0.15, 0.2) is 59.3 Å². The molecule has 0 bridgehead atoms. The SMILES string of the molecule is O=C(CCCOc1ccccc1)Oc1ccc2ocnc2c1. The molecule has 0 unspecified atom stereocenters. The van der Waals surface area contributed by atoms with E-state index in [1.165, 1.54) is 6.39 Å². The third-order valence-electron chi connectivity index (χ3n) is 3.07. The van der Waals surface area contributed by atoms with Gasteiger partial charge in [-0.2, -0.15) is 0 Å². The minimum atomic E-state index is -0.292. The molecule has 5 heteroatoms. The molecule has 2 aromatic carbocycles. The van der Waals surface area contributed by atoms with Gasteiger partial charge < -0.3 is 13.9 Å². The molecule has 0 aliphatic rings. The van der Waals surface area contributed by atoms with Crippen molar-refractivity contribution in [2.45, 2.75) is 12.8 Å². The Bertz CT molecular complexity index is 751. The van der Waals surface area contributed by atoms with E-state index in [1.54, 1.807) is 18.2 Å². The minimum Gasteiger partial charge on any atom is -0.494 e. The number of rotatable bonds is 6. The summed E-state index contributed by atoms with van der Waals surface area (Å²) in [6.45, 7) is 0.474. The molecule has 0 aliphatic heterocycles. The van der Waals surface area contributed by atoms with Gasteiger partial charge in [0.15, 0.2) is 12.0 Å². The predicted molar refractivity (Wildman–Crippen MR) is 80.8 cm³/mol. The van der Waals surface area contributed by atoms with Crippen LogP contribution in [-0.4, -0.2) is 17.6 Å². The van der Waals surface area contributed by atoms with Crippen molar-refractivity contribution in [2.75, 3.05) is 6.61 Å². The van der Waals surface area contributed by atoms with Crippen LogP contribution in [0.2, 0.25) is 0 Å². The summed E-state index contributed by atoms with van der Waals surface area (Å²) in [4.78, 5) is 15.8. The number of oxazole rings is 1. The number of nitrogens with zero attached hydrogens (tertiary/aromatic N) is 1. The van der Waals surface area contributed by atoms with Gasteiger partial charge in [0.25, 0.3) is 0 Å². The Morgan fingerprint density at radius 3 is 2.82 bits per heavy atom. The number of hydrogen-bond acceptors (Lipinski definition) is 5. The molecule has 3 rings (SSSR count). The molecule has 0 radical (unpaired) electrons. The van der Waals surface area contributed by atoms with Crippen LogP contribution in [0.3, 0.4) is 0 Å². The van der Waals surface area contributed by atoms with Gasteiger partial charge in [0.1, 0.15) is 17.0 Å². The van der Waals surface area contributed by atoms with Gasteiger partial charge in [-0.05, 0) is 30.7 Å². The molecule has 0 aliphatic carbocycles. The molecule has 0 saturated carbocycles. The van der Waals surface area contributed by atoms with Crippen molar-refractivity contribution in [2.24, 2.45) is 0 Å². The van der Waals surface area contributed by atoms with Crippen molar-refractivity contribution in [3.05, 3.63) is 54.9 Å². The summed E-state index contributed by atoms with van der Waals surface area (Å²) >= 11 is 0. The Labute approximate surface area is 127 Å². The number of carbonyl (C=O) groups is 1. The lowest BCUT2D eigenvalue weighted by Gasteiger charge is -2.06. The monoisotopic (exact) mass is 297 g/mol. The molecule has 5 nitrogen and oxygen atoms in total. The Morgan fingerprint density at radius 1 is 1.09 bits per heavy atom. The molecule has 1 aromatic heterocycles. The van der Waals surface area contributed by atoms with Crippen molar-refractivity contribution >= 4 is 17.1 Å². The van der Waals surface area contributed by atoms with Crippen LogP contribution in [0.5, 0.6) is 11.5 Å². The molecule has 1 heterocycles. The highest BCUT2D eigenvalue weighted by Gasteiger charge is 2.07. The predicted octanol–water partition coefficient (Wildman–Crippen LogP) is 3.59. The van der Waals surface area contributed by atoms with Gasteiger partial charge in [-0.1, -0.05) is 18.2 Å².